The molecule has 2 aromatic carbocycles. The van der Waals surface area contributed by atoms with Gasteiger partial charge >= 0.3 is 0 Å². The summed E-state index contributed by atoms with van der Waals surface area (Å²) in [5.41, 5.74) is 5.28. The topological polar surface area (TPSA) is 59.1 Å². The third kappa shape index (κ3) is 3.90. The van der Waals surface area contributed by atoms with Gasteiger partial charge in [0.05, 0.1) is 17.6 Å². The first-order valence-electron chi connectivity index (χ1n) is 9.42. The molecule has 1 N–H and O–H groups in total. The van der Waals surface area contributed by atoms with E-state index in [-0.39, 0.29) is 11.7 Å². The van der Waals surface area contributed by atoms with Crippen LogP contribution in [-0.4, -0.2) is 23.2 Å². The Hall–Kier alpha value is -3.01. The number of aromatic nitrogens is 1. The van der Waals surface area contributed by atoms with E-state index in [0.717, 1.165) is 35.0 Å². The Bertz CT molecular complexity index is 996. The van der Waals surface area contributed by atoms with Crippen molar-refractivity contribution >= 4 is 22.6 Å². The first kappa shape index (κ1) is 17.4. The molecule has 0 saturated carbocycles. The third-order valence-corrected chi connectivity index (χ3v) is 5.12. The quantitative estimate of drug-likeness (QED) is 0.762. The van der Waals surface area contributed by atoms with Gasteiger partial charge in [-0.1, -0.05) is 48.5 Å². The smallest absolute Gasteiger partial charge is 0.224 e. The van der Waals surface area contributed by atoms with E-state index < -0.39 is 0 Å². The highest BCUT2D eigenvalue weighted by atomic mass is 16.1. The minimum absolute atomic E-state index is 0.0311. The van der Waals surface area contributed by atoms with Gasteiger partial charge in [-0.3, -0.25) is 14.6 Å². The van der Waals surface area contributed by atoms with Crippen molar-refractivity contribution in [3.05, 3.63) is 77.0 Å². The molecule has 0 spiro atoms. The molecule has 1 aliphatic rings. The van der Waals surface area contributed by atoms with Crippen molar-refractivity contribution in [3.8, 4) is 0 Å². The molecule has 0 unspecified atom stereocenters. The van der Waals surface area contributed by atoms with Crippen molar-refractivity contribution < 1.29 is 9.59 Å². The van der Waals surface area contributed by atoms with E-state index in [1.165, 1.54) is 11.1 Å². The number of carbonyl (C=O) groups is 2. The summed E-state index contributed by atoms with van der Waals surface area (Å²) in [4.78, 5) is 28.8. The van der Waals surface area contributed by atoms with Gasteiger partial charge in [0.15, 0.2) is 0 Å². The monoisotopic (exact) mass is 358 g/mol. The van der Waals surface area contributed by atoms with Crippen LogP contribution in [0.5, 0.6) is 0 Å². The average molecular weight is 358 g/mol. The lowest BCUT2D eigenvalue weighted by Crippen LogP contribution is -2.28. The lowest BCUT2D eigenvalue weighted by molar-refractivity contribution is -0.120. The second kappa shape index (κ2) is 7.70. The van der Waals surface area contributed by atoms with Crippen molar-refractivity contribution in [2.24, 2.45) is 0 Å². The van der Waals surface area contributed by atoms with Crippen molar-refractivity contribution in [3.63, 3.8) is 0 Å². The molecular formula is C23H22N2O2. The molecule has 4 nitrogen and oxygen atoms in total. The molecule has 0 saturated heterocycles. The molecular weight excluding hydrogens is 336 g/mol. The number of pyridine rings is 1. The van der Waals surface area contributed by atoms with Gasteiger partial charge in [0.25, 0.3) is 0 Å². The molecule has 0 aliphatic heterocycles. The van der Waals surface area contributed by atoms with Gasteiger partial charge < -0.3 is 5.32 Å². The van der Waals surface area contributed by atoms with Crippen LogP contribution in [0.25, 0.3) is 10.9 Å². The molecule has 0 bridgehead atoms. The highest BCUT2D eigenvalue weighted by Gasteiger charge is 2.21. The van der Waals surface area contributed by atoms with Crippen LogP contribution in [0.4, 0.5) is 0 Å². The van der Waals surface area contributed by atoms with Gasteiger partial charge in [-0.2, -0.15) is 0 Å². The van der Waals surface area contributed by atoms with E-state index in [0.29, 0.717) is 25.8 Å². The molecule has 27 heavy (non-hydrogen) atoms. The van der Waals surface area contributed by atoms with E-state index in [1.807, 2.05) is 48.5 Å². The third-order valence-electron chi connectivity index (χ3n) is 5.12. The van der Waals surface area contributed by atoms with E-state index in [1.54, 1.807) is 0 Å². The molecule has 1 aliphatic carbocycles. The Labute approximate surface area is 158 Å². The van der Waals surface area contributed by atoms with Gasteiger partial charge in [-0.25, -0.2) is 0 Å². The molecule has 1 amide bonds. The fourth-order valence-electron chi connectivity index (χ4n) is 3.81. The van der Waals surface area contributed by atoms with Crippen LogP contribution in [0.15, 0.2) is 54.6 Å². The maximum atomic E-state index is 12.2. The molecule has 4 heteroatoms. The Morgan fingerprint density at radius 1 is 1.00 bits per heavy atom. The van der Waals surface area contributed by atoms with Crippen LogP contribution in [0.1, 0.15) is 28.8 Å². The molecule has 136 valence electrons. The number of ketones is 1. The summed E-state index contributed by atoms with van der Waals surface area (Å²) in [6, 6.07) is 17.8. The Balaban J connectivity index is 1.51. The molecule has 0 radical (unpaired) electrons. The Kier molecular flexibility index (Phi) is 4.97. The lowest BCUT2D eigenvalue weighted by atomic mass is 9.88. The van der Waals surface area contributed by atoms with Crippen molar-refractivity contribution in [2.45, 2.75) is 32.1 Å². The van der Waals surface area contributed by atoms with Gasteiger partial charge in [-0.05, 0) is 35.6 Å². The largest absolute Gasteiger partial charge is 0.355 e. The van der Waals surface area contributed by atoms with Gasteiger partial charge in [0.1, 0.15) is 5.78 Å². The molecule has 3 aromatic rings. The summed E-state index contributed by atoms with van der Waals surface area (Å²) in [6.07, 6.45) is 2.90. The summed E-state index contributed by atoms with van der Waals surface area (Å²) < 4.78 is 0. The number of rotatable bonds is 5. The number of nitrogens with one attached hydrogen (secondary N) is 1. The van der Waals surface area contributed by atoms with Crippen LogP contribution in [0.2, 0.25) is 0 Å². The van der Waals surface area contributed by atoms with Crippen LogP contribution < -0.4 is 5.32 Å². The number of nitrogens with zero attached hydrogens (tertiary/aromatic N) is 1. The predicted octanol–water partition coefficient (Wildman–Crippen LogP) is 3.19. The Morgan fingerprint density at radius 3 is 2.63 bits per heavy atom. The minimum atomic E-state index is 0.0311. The van der Waals surface area contributed by atoms with Crippen LogP contribution >= 0.6 is 0 Å². The van der Waals surface area contributed by atoms with E-state index >= 15 is 0 Å². The molecule has 0 atom stereocenters. The number of fused-ring (bicyclic) bond motifs is 2. The normalized spacial score (nSPS) is 13.4. The number of hydrogen-bond acceptors (Lipinski definition) is 3. The summed E-state index contributed by atoms with van der Waals surface area (Å²) in [5, 5.41) is 4.16. The summed E-state index contributed by atoms with van der Waals surface area (Å²) >= 11 is 0. The number of amides is 1. The fraction of sp³-hybridized carbons (Fsp3) is 0.261. The number of Topliss-reactive ketones (excluding diaryl/α,β-unsaturated/α-hetero) is 1. The number of benzene rings is 2. The lowest BCUT2D eigenvalue weighted by Gasteiger charge is -2.20. The summed E-state index contributed by atoms with van der Waals surface area (Å²) in [7, 11) is 0. The molecule has 1 heterocycles. The second-order valence-electron chi connectivity index (χ2n) is 7.01. The molecule has 0 fully saturated rings. The van der Waals surface area contributed by atoms with Crippen LogP contribution in [0, 0.1) is 0 Å². The van der Waals surface area contributed by atoms with E-state index in [4.69, 9.17) is 4.98 Å². The SMILES string of the molecule is O=C1CCc2c(nc3ccccc3c2CCNC(=O)Cc2ccccc2)C1. The first-order chi connectivity index (χ1) is 13.2. The average Bonchev–Trinajstić information content (AvgIpc) is 2.68. The van der Waals surface area contributed by atoms with Crippen LogP contribution in [0.3, 0.4) is 0 Å². The summed E-state index contributed by atoms with van der Waals surface area (Å²) in [6.45, 7) is 0.583. The maximum Gasteiger partial charge on any atom is 0.224 e. The molecule has 4 rings (SSSR count). The van der Waals surface area contributed by atoms with E-state index in [2.05, 4.69) is 11.4 Å². The number of hydrogen-bond donors (Lipinski definition) is 1. The second-order valence-corrected chi connectivity index (χ2v) is 7.01. The number of carbonyl (C=O) groups excluding carboxylic acids is 2. The standard InChI is InChI=1S/C23H22N2O2/c26-17-10-11-20-18(19-8-4-5-9-21(19)25-22(20)15-17)12-13-24-23(27)14-16-6-2-1-3-7-16/h1-9H,10-15H2,(H,24,27). The number of para-hydroxylation sites is 1. The van der Waals surface area contributed by atoms with Crippen LogP contribution in [-0.2, 0) is 35.3 Å². The fourth-order valence-corrected chi connectivity index (χ4v) is 3.81. The van der Waals surface area contributed by atoms with Crippen molar-refractivity contribution in [2.75, 3.05) is 6.54 Å². The first-order valence-corrected chi connectivity index (χ1v) is 9.42. The zero-order valence-electron chi connectivity index (χ0n) is 15.2. The van der Waals surface area contributed by atoms with Crippen molar-refractivity contribution in [1.82, 2.24) is 10.3 Å². The van der Waals surface area contributed by atoms with E-state index in [9.17, 15) is 9.59 Å². The van der Waals surface area contributed by atoms with Gasteiger partial charge in [-0.15, -0.1) is 0 Å². The Morgan fingerprint density at radius 2 is 1.78 bits per heavy atom. The predicted molar refractivity (Wildman–Crippen MR) is 106 cm³/mol. The highest BCUT2D eigenvalue weighted by Crippen LogP contribution is 2.28. The van der Waals surface area contributed by atoms with Gasteiger partial charge in [0.2, 0.25) is 5.91 Å². The molecule has 1 aromatic heterocycles. The summed E-state index contributed by atoms with van der Waals surface area (Å²) in [5.74, 6) is 0.288. The van der Waals surface area contributed by atoms with Crippen molar-refractivity contribution in [1.29, 1.82) is 0 Å². The minimum Gasteiger partial charge on any atom is -0.355 e. The zero-order valence-corrected chi connectivity index (χ0v) is 15.2. The van der Waals surface area contributed by atoms with Gasteiger partial charge in [0, 0.05) is 24.8 Å². The zero-order chi connectivity index (χ0) is 18.6. The highest BCUT2D eigenvalue weighted by molar-refractivity contribution is 5.88. The maximum absolute atomic E-state index is 12.2.